The van der Waals surface area contributed by atoms with Gasteiger partial charge in [-0.05, 0) is 69.4 Å². The first-order valence-electron chi connectivity index (χ1n) is 12.7. The van der Waals surface area contributed by atoms with E-state index in [-0.39, 0.29) is 10.8 Å². The number of fused-ring (bicyclic) bond motifs is 1. The Hall–Kier alpha value is -2.53. The Morgan fingerprint density at radius 3 is 2.16 bits per heavy atom. The van der Waals surface area contributed by atoms with Crippen LogP contribution in [-0.4, -0.2) is 75.9 Å². The van der Waals surface area contributed by atoms with Crippen molar-refractivity contribution in [3.05, 3.63) is 48.0 Å². The number of rotatable bonds is 14. The Labute approximate surface area is 224 Å². The number of hydrogen-bond donors (Lipinski definition) is 0. The van der Waals surface area contributed by atoms with Crippen molar-refractivity contribution in [2.75, 3.05) is 52.3 Å². The first-order chi connectivity index (χ1) is 17.7. The van der Waals surface area contributed by atoms with Crippen LogP contribution in [0, 0.1) is 0 Å². The highest BCUT2D eigenvalue weighted by molar-refractivity contribution is 7.89. The van der Waals surface area contributed by atoms with Crippen LogP contribution in [0.2, 0.25) is 0 Å². The molecule has 3 aromatic rings. The molecule has 8 nitrogen and oxygen atoms in total. The molecule has 0 radical (unpaired) electrons. The van der Waals surface area contributed by atoms with Gasteiger partial charge in [0.05, 0.1) is 22.2 Å². The molecule has 0 bridgehead atoms. The molecule has 3 rings (SSSR count). The Balaban J connectivity index is 1.89. The number of thiazole rings is 1. The fourth-order valence-corrected chi connectivity index (χ4v) is 6.35. The number of sulfonamides is 1. The van der Waals surface area contributed by atoms with Crippen LogP contribution in [0.15, 0.2) is 47.4 Å². The molecule has 0 atom stereocenters. The van der Waals surface area contributed by atoms with E-state index in [0.29, 0.717) is 36.9 Å². The first-order valence-corrected chi connectivity index (χ1v) is 15.0. The summed E-state index contributed by atoms with van der Waals surface area (Å²) in [6.07, 6.45) is 3.47. The standard InChI is InChI=1S/C27H38N4O4S2/c1-6-8-16-30(17-9-7-2)37(33,34)23-13-10-21(11-14-23)26(32)31(19-18-29(3)4)27-28-24-15-12-22(35-5)20-25(24)36-27/h10-15,20H,6-9,16-19H2,1-5H3. The second kappa shape index (κ2) is 13.3. The number of nitrogens with zero attached hydrogens (tertiary/aromatic N) is 4. The van der Waals surface area contributed by atoms with Crippen LogP contribution < -0.4 is 9.64 Å². The lowest BCUT2D eigenvalue weighted by Crippen LogP contribution is -2.37. The monoisotopic (exact) mass is 546 g/mol. The zero-order valence-electron chi connectivity index (χ0n) is 22.4. The number of methoxy groups -OCH3 is 1. The molecule has 0 aliphatic rings. The van der Waals surface area contributed by atoms with Crippen LogP contribution in [0.3, 0.4) is 0 Å². The normalized spacial score (nSPS) is 12.0. The number of hydrogen-bond acceptors (Lipinski definition) is 7. The van der Waals surface area contributed by atoms with Crippen LogP contribution >= 0.6 is 11.3 Å². The number of likely N-dealkylation sites (N-methyl/N-ethyl adjacent to an activating group) is 1. The lowest BCUT2D eigenvalue weighted by atomic mass is 10.2. The minimum atomic E-state index is -3.63. The summed E-state index contributed by atoms with van der Waals surface area (Å²) in [5.41, 5.74) is 1.22. The molecule has 10 heteroatoms. The van der Waals surface area contributed by atoms with Gasteiger partial charge in [-0.2, -0.15) is 4.31 Å². The van der Waals surface area contributed by atoms with Crippen LogP contribution in [0.1, 0.15) is 49.9 Å². The number of ether oxygens (including phenoxy) is 1. The van der Waals surface area contributed by atoms with Gasteiger partial charge in [0.25, 0.3) is 5.91 Å². The first kappa shape index (κ1) is 29.0. The van der Waals surface area contributed by atoms with E-state index in [1.165, 1.54) is 11.3 Å². The van der Waals surface area contributed by atoms with Crippen molar-refractivity contribution >= 4 is 42.6 Å². The smallest absolute Gasteiger partial charge is 0.260 e. The van der Waals surface area contributed by atoms with Crippen molar-refractivity contribution in [2.45, 2.75) is 44.4 Å². The number of carbonyl (C=O) groups is 1. The van der Waals surface area contributed by atoms with Gasteiger partial charge in [-0.25, -0.2) is 13.4 Å². The summed E-state index contributed by atoms with van der Waals surface area (Å²) in [5, 5.41) is 0.595. The second-order valence-electron chi connectivity index (χ2n) is 9.23. The molecule has 0 saturated heterocycles. The largest absolute Gasteiger partial charge is 0.497 e. The Morgan fingerprint density at radius 2 is 1.59 bits per heavy atom. The Bertz CT molecular complexity index is 1270. The van der Waals surface area contributed by atoms with E-state index >= 15 is 0 Å². The van der Waals surface area contributed by atoms with Gasteiger partial charge in [0, 0.05) is 31.7 Å². The van der Waals surface area contributed by atoms with Gasteiger partial charge in [-0.1, -0.05) is 38.0 Å². The lowest BCUT2D eigenvalue weighted by molar-refractivity contribution is 0.0985. The number of benzene rings is 2. The minimum Gasteiger partial charge on any atom is -0.497 e. The predicted octanol–water partition coefficient (Wildman–Crippen LogP) is 5.10. The van der Waals surface area contributed by atoms with E-state index < -0.39 is 10.0 Å². The summed E-state index contributed by atoms with van der Waals surface area (Å²) >= 11 is 1.43. The van der Waals surface area contributed by atoms with Gasteiger partial charge in [0.2, 0.25) is 10.0 Å². The van der Waals surface area contributed by atoms with Crippen LogP contribution in [-0.2, 0) is 10.0 Å². The third kappa shape index (κ3) is 7.28. The molecule has 2 aromatic carbocycles. The zero-order valence-corrected chi connectivity index (χ0v) is 24.1. The van der Waals surface area contributed by atoms with Crippen molar-refractivity contribution in [3.8, 4) is 5.75 Å². The van der Waals surface area contributed by atoms with E-state index in [0.717, 1.165) is 41.6 Å². The van der Waals surface area contributed by atoms with Gasteiger partial charge in [-0.3, -0.25) is 9.69 Å². The fraction of sp³-hybridized carbons (Fsp3) is 0.481. The molecule has 0 spiro atoms. The van der Waals surface area contributed by atoms with Gasteiger partial charge >= 0.3 is 0 Å². The Morgan fingerprint density at radius 1 is 0.946 bits per heavy atom. The summed E-state index contributed by atoms with van der Waals surface area (Å²) in [6, 6.07) is 11.9. The highest BCUT2D eigenvalue weighted by atomic mass is 32.2. The highest BCUT2D eigenvalue weighted by Crippen LogP contribution is 2.32. The van der Waals surface area contributed by atoms with E-state index in [9.17, 15) is 13.2 Å². The fourth-order valence-electron chi connectivity index (χ4n) is 3.81. The molecular formula is C27H38N4O4S2. The van der Waals surface area contributed by atoms with E-state index in [1.54, 1.807) is 40.6 Å². The zero-order chi connectivity index (χ0) is 27.0. The van der Waals surface area contributed by atoms with Crippen LogP contribution in [0.4, 0.5) is 5.13 Å². The third-order valence-corrected chi connectivity index (χ3v) is 9.05. The SMILES string of the molecule is CCCCN(CCCC)S(=O)(=O)c1ccc(C(=O)N(CCN(C)C)c2nc3ccc(OC)cc3s2)cc1. The minimum absolute atomic E-state index is 0.211. The maximum Gasteiger partial charge on any atom is 0.260 e. The second-order valence-corrected chi connectivity index (χ2v) is 12.2. The average molecular weight is 547 g/mol. The van der Waals surface area contributed by atoms with Crippen molar-refractivity contribution in [1.29, 1.82) is 0 Å². The molecule has 0 saturated carbocycles. The maximum atomic E-state index is 13.6. The molecule has 37 heavy (non-hydrogen) atoms. The lowest BCUT2D eigenvalue weighted by Gasteiger charge is -2.23. The summed E-state index contributed by atoms with van der Waals surface area (Å²) in [6.45, 7) is 6.20. The molecule has 1 amide bonds. The molecule has 1 heterocycles. The number of carbonyl (C=O) groups excluding carboxylic acids is 1. The van der Waals surface area contributed by atoms with Crippen molar-refractivity contribution < 1.29 is 17.9 Å². The summed E-state index contributed by atoms with van der Waals surface area (Å²) < 4.78 is 34.5. The van der Waals surface area contributed by atoms with Crippen molar-refractivity contribution in [1.82, 2.24) is 14.2 Å². The topological polar surface area (TPSA) is 83.1 Å². The molecule has 202 valence electrons. The van der Waals surface area contributed by atoms with Crippen LogP contribution in [0.5, 0.6) is 5.75 Å². The molecule has 0 fully saturated rings. The molecule has 0 aliphatic heterocycles. The molecular weight excluding hydrogens is 508 g/mol. The summed E-state index contributed by atoms with van der Waals surface area (Å²) in [7, 11) is 1.90. The summed E-state index contributed by atoms with van der Waals surface area (Å²) in [4.78, 5) is 22.2. The van der Waals surface area contributed by atoms with E-state index in [1.807, 2.05) is 37.2 Å². The van der Waals surface area contributed by atoms with E-state index in [2.05, 4.69) is 13.8 Å². The molecule has 0 unspecified atom stereocenters. The molecule has 1 aromatic heterocycles. The summed E-state index contributed by atoms with van der Waals surface area (Å²) in [5.74, 6) is 0.517. The van der Waals surface area contributed by atoms with Gasteiger partial charge < -0.3 is 9.64 Å². The van der Waals surface area contributed by atoms with Crippen LogP contribution in [0.25, 0.3) is 10.2 Å². The quantitative estimate of drug-likeness (QED) is 0.280. The third-order valence-electron chi connectivity index (χ3n) is 6.09. The van der Waals surface area contributed by atoms with Gasteiger partial charge in [0.15, 0.2) is 5.13 Å². The number of aromatic nitrogens is 1. The highest BCUT2D eigenvalue weighted by Gasteiger charge is 2.26. The average Bonchev–Trinajstić information content (AvgIpc) is 3.31. The maximum absolute atomic E-state index is 13.6. The number of unbranched alkanes of at least 4 members (excludes halogenated alkanes) is 2. The van der Waals surface area contributed by atoms with Crippen molar-refractivity contribution in [2.24, 2.45) is 0 Å². The van der Waals surface area contributed by atoms with E-state index in [4.69, 9.17) is 9.72 Å². The van der Waals surface area contributed by atoms with Crippen molar-refractivity contribution in [3.63, 3.8) is 0 Å². The Kier molecular flexibility index (Phi) is 10.5. The predicted molar refractivity (Wildman–Crippen MR) is 151 cm³/mol. The molecule has 0 N–H and O–H groups in total. The molecule has 0 aliphatic carbocycles. The van der Waals surface area contributed by atoms with Gasteiger partial charge in [-0.15, -0.1) is 0 Å². The number of anilines is 1. The number of amides is 1. The van der Waals surface area contributed by atoms with Gasteiger partial charge in [0.1, 0.15) is 5.75 Å².